The minimum atomic E-state index is -0.816. The molecule has 168 valence electrons. The van der Waals surface area contributed by atoms with Crippen molar-refractivity contribution < 1.29 is 22.8 Å². The summed E-state index contributed by atoms with van der Waals surface area (Å²) in [5.41, 5.74) is 1.76. The van der Waals surface area contributed by atoms with Gasteiger partial charge in [-0.15, -0.1) is 0 Å². The van der Waals surface area contributed by atoms with Crippen LogP contribution in [0.1, 0.15) is 27.4 Å². The normalized spacial score (nSPS) is 14.6. The van der Waals surface area contributed by atoms with Crippen LogP contribution in [0.15, 0.2) is 47.0 Å². The predicted molar refractivity (Wildman–Crippen MR) is 115 cm³/mol. The van der Waals surface area contributed by atoms with E-state index in [1.165, 1.54) is 6.07 Å². The molecule has 0 unspecified atom stereocenters. The zero-order valence-corrected chi connectivity index (χ0v) is 18.2. The highest BCUT2D eigenvalue weighted by atomic mass is 35.5. The van der Waals surface area contributed by atoms with Crippen molar-refractivity contribution in [3.8, 4) is 5.75 Å². The van der Waals surface area contributed by atoms with Crippen molar-refractivity contribution >= 4 is 17.5 Å². The lowest BCUT2D eigenvalue weighted by molar-refractivity contribution is 0.0616. The lowest BCUT2D eigenvalue weighted by Gasteiger charge is -2.34. The number of rotatable bonds is 6. The number of nitrogens with zero attached hydrogens (tertiary/aromatic N) is 3. The van der Waals surface area contributed by atoms with Crippen molar-refractivity contribution in [2.75, 3.05) is 26.2 Å². The van der Waals surface area contributed by atoms with Gasteiger partial charge in [0.25, 0.3) is 5.91 Å². The lowest BCUT2D eigenvalue weighted by atomic mass is 10.1. The molecule has 6 nitrogen and oxygen atoms in total. The van der Waals surface area contributed by atoms with Gasteiger partial charge in [-0.05, 0) is 36.8 Å². The number of halogens is 3. The Morgan fingerprint density at radius 3 is 2.53 bits per heavy atom. The highest BCUT2D eigenvalue weighted by Crippen LogP contribution is 2.23. The molecular formula is C23H22ClF2N3O3. The number of aryl methyl sites for hydroxylation is 1. The van der Waals surface area contributed by atoms with Gasteiger partial charge in [0.1, 0.15) is 18.2 Å². The summed E-state index contributed by atoms with van der Waals surface area (Å²) in [6.45, 7) is 4.86. The van der Waals surface area contributed by atoms with Gasteiger partial charge in [0, 0.05) is 43.8 Å². The van der Waals surface area contributed by atoms with Gasteiger partial charge in [-0.25, -0.2) is 8.78 Å². The molecule has 32 heavy (non-hydrogen) atoms. The van der Waals surface area contributed by atoms with E-state index in [0.29, 0.717) is 29.4 Å². The van der Waals surface area contributed by atoms with Crippen molar-refractivity contribution in [2.45, 2.75) is 20.1 Å². The van der Waals surface area contributed by atoms with E-state index in [0.717, 1.165) is 37.3 Å². The Morgan fingerprint density at radius 1 is 1.12 bits per heavy atom. The average Bonchev–Trinajstić information content (AvgIpc) is 3.15. The molecule has 0 atom stereocenters. The number of benzene rings is 2. The van der Waals surface area contributed by atoms with Gasteiger partial charge in [0.2, 0.25) is 0 Å². The number of amides is 1. The van der Waals surface area contributed by atoms with E-state index in [4.69, 9.17) is 20.9 Å². The third-order valence-electron chi connectivity index (χ3n) is 5.43. The second kappa shape index (κ2) is 9.67. The molecule has 1 aliphatic rings. The largest absolute Gasteiger partial charge is 0.486 e. The third-order valence-corrected chi connectivity index (χ3v) is 5.68. The van der Waals surface area contributed by atoms with E-state index in [-0.39, 0.29) is 24.0 Å². The average molecular weight is 462 g/mol. The Kier molecular flexibility index (Phi) is 6.72. The van der Waals surface area contributed by atoms with Gasteiger partial charge < -0.3 is 14.2 Å². The van der Waals surface area contributed by atoms with Crippen LogP contribution >= 0.6 is 11.6 Å². The fraction of sp³-hybridized carbons (Fsp3) is 0.304. The molecule has 0 N–H and O–H groups in total. The maximum atomic E-state index is 13.9. The van der Waals surface area contributed by atoms with Crippen LogP contribution in [0.25, 0.3) is 0 Å². The molecule has 1 saturated heterocycles. The van der Waals surface area contributed by atoms with Crippen LogP contribution in [-0.2, 0) is 13.2 Å². The Hall–Kier alpha value is -2.97. The van der Waals surface area contributed by atoms with Crippen molar-refractivity contribution in [1.29, 1.82) is 0 Å². The second-order valence-corrected chi connectivity index (χ2v) is 8.06. The first-order valence-electron chi connectivity index (χ1n) is 10.2. The second-order valence-electron chi connectivity index (χ2n) is 7.62. The molecule has 1 amide bonds. The quantitative estimate of drug-likeness (QED) is 0.542. The molecule has 0 saturated carbocycles. The topological polar surface area (TPSA) is 58.8 Å². The SMILES string of the molecule is Cc1onc(C(=O)N2CCN(Cc3ccc(Cl)cc3)CC2)c1COc1ccc(F)cc1F. The zero-order valence-electron chi connectivity index (χ0n) is 17.5. The number of aromatic nitrogens is 1. The summed E-state index contributed by atoms with van der Waals surface area (Å²) in [4.78, 5) is 17.0. The summed E-state index contributed by atoms with van der Waals surface area (Å²) < 4.78 is 37.6. The third kappa shape index (κ3) is 5.08. The summed E-state index contributed by atoms with van der Waals surface area (Å²) in [5.74, 6) is -1.46. The van der Waals surface area contributed by atoms with Gasteiger partial charge >= 0.3 is 0 Å². The Morgan fingerprint density at radius 2 is 1.84 bits per heavy atom. The molecule has 0 spiro atoms. The molecule has 1 aliphatic heterocycles. The van der Waals surface area contributed by atoms with Crippen LogP contribution in [-0.4, -0.2) is 47.0 Å². The summed E-state index contributed by atoms with van der Waals surface area (Å²) in [7, 11) is 0. The maximum absolute atomic E-state index is 13.9. The first kappa shape index (κ1) is 22.2. The number of ether oxygens (including phenoxy) is 1. The van der Waals surface area contributed by atoms with Crippen molar-refractivity contribution in [1.82, 2.24) is 15.0 Å². The molecule has 4 rings (SSSR count). The molecule has 2 heterocycles. The molecule has 2 aromatic carbocycles. The van der Waals surface area contributed by atoms with Gasteiger partial charge in [-0.3, -0.25) is 9.69 Å². The number of hydrogen-bond acceptors (Lipinski definition) is 5. The van der Waals surface area contributed by atoms with Crippen LogP contribution in [0.2, 0.25) is 5.02 Å². The molecular weight excluding hydrogens is 440 g/mol. The molecule has 0 aliphatic carbocycles. The van der Waals surface area contributed by atoms with E-state index < -0.39 is 11.6 Å². The lowest BCUT2D eigenvalue weighted by Crippen LogP contribution is -2.48. The fourth-order valence-electron chi connectivity index (χ4n) is 3.58. The maximum Gasteiger partial charge on any atom is 0.276 e. The monoisotopic (exact) mass is 461 g/mol. The van der Waals surface area contributed by atoms with E-state index in [2.05, 4.69) is 10.1 Å². The molecule has 9 heteroatoms. The molecule has 3 aromatic rings. The standard InChI is InChI=1S/C23H22ClF2N3O3/c1-15-19(14-31-21-7-6-18(25)12-20(21)26)22(27-32-15)23(30)29-10-8-28(9-11-29)13-16-2-4-17(24)5-3-16/h2-7,12H,8-11,13-14H2,1H3. The molecule has 1 fully saturated rings. The summed E-state index contributed by atoms with van der Waals surface area (Å²) in [6.07, 6.45) is 0. The van der Waals surface area contributed by atoms with Crippen LogP contribution in [0.3, 0.4) is 0 Å². The number of carbonyl (C=O) groups excluding carboxylic acids is 1. The van der Waals surface area contributed by atoms with Gasteiger partial charge in [0.05, 0.1) is 5.56 Å². The Labute approximate surface area is 189 Å². The molecule has 0 radical (unpaired) electrons. The van der Waals surface area contributed by atoms with E-state index in [1.807, 2.05) is 24.3 Å². The van der Waals surface area contributed by atoms with Gasteiger partial charge in [-0.2, -0.15) is 0 Å². The summed E-state index contributed by atoms with van der Waals surface area (Å²) in [6, 6.07) is 10.8. The van der Waals surface area contributed by atoms with E-state index >= 15 is 0 Å². The van der Waals surface area contributed by atoms with Crippen LogP contribution < -0.4 is 4.74 Å². The smallest absolute Gasteiger partial charge is 0.276 e. The molecule has 1 aromatic heterocycles. The van der Waals surface area contributed by atoms with Gasteiger partial charge in [0.15, 0.2) is 17.3 Å². The number of hydrogen-bond donors (Lipinski definition) is 0. The number of carbonyl (C=O) groups is 1. The highest BCUT2D eigenvalue weighted by Gasteiger charge is 2.28. The van der Waals surface area contributed by atoms with Gasteiger partial charge in [-0.1, -0.05) is 28.9 Å². The molecule has 0 bridgehead atoms. The van der Waals surface area contributed by atoms with Crippen molar-refractivity contribution in [3.05, 3.63) is 81.7 Å². The first-order valence-corrected chi connectivity index (χ1v) is 10.6. The first-order chi connectivity index (χ1) is 15.4. The Balaban J connectivity index is 1.37. The van der Waals surface area contributed by atoms with Crippen LogP contribution in [0.5, 0.6) is 5.75 Å². The van der Waals surface area contributed by atoms with E-state index in [9.17, 15) is 13.6 Å². The number of piperazine rings is 1. The minimum absolute atomic E-state index is 0.110. The van der Waals surface area contributed by atoms with Crippen LogP contribution in [0.4, 0.5) is 8.78 Å². The predicted octanol–water partition coefficient (Wildman–Crippen LogP) is 4.45. The fourth-order valence-corrected chi connectivity index (χ4v) is 3.70. The van der Waals surface area contributed by atoms with Crippen LogP contribution in [0, 0.1) is 18.6 Å². The highest BCUT2D eigenvalue weighted by molar-refractivity contribution is 6.30. The zero-order chi connectivity index (χ0) is 22.7. The summed E-state index contributed by atoms with van der Waals surface area (Å²) >= 11 is 5.94. The van der Waals surface area contributed by atoms with Crippen molar-refractivity contribution in [2.24, 2.45) is 0 Å². The minimum Gasteiger partial charge on any atom is -0.486 e. The Bertz CT molecular complexity index is 1100. The van der Waals surface area contributed by atoms with Crippen molar-refractivity contribution in [3.63, 3.8) is 0 Å². The van der Waals surface area contributed by atoms with E-state index in [1.54, 1.807) is 11.8 Å². The summed E-state index contributed by atoms with van der Waals surface area (Å²) in [5, 5.41) is 4.61.